The van der Waals surface area contributed by atoms with Crippen molar-refractivity contribution in [1.29, 1.82) is 0 Å². The average Bonchev–Trinajstić information content (AvgIpc) is 2.94. The first-order chi connectivity index (χ1) is 12.3. The molecule has 2 aromatic rings. The zero-order chi connectivity index (χ0) is 18.7. The maximum absolute atomic E-state index is 12.7. The summed E-state index contributed by atoms with van der Waals surface area (Å²) >= 11 is 0. The van der Waals surface area contributed by atoms with Gasteiger partial charge in [-0.1, -0.05) is 20.8 Å². The standard InChI is InChI=1S/C21H24O5/c1-20(2)13-7-8-21(20,3)17(11-13)26-19(23)15-10-12-9-14(24-4)5-6-16(12)25-18(15)22/h5-6,9-10,13,17H,7-8,11H2,1-4H3/t13-,17+,21+/m0/s1. The molecule has 2 aliphatic rings. The van der Waals surface area contributed by atoms with Crippen LogP contribution in [0.1, 0.15) is 50.4 Å². The quantitative estimate of drug-likeness (QED) is 0.610. The molecule has 1 aromatic carbocycles. The minimum absolute atomic E-state index is 0.0480. The van der Waals surface area contributed by atoms with Gasteiger partial charge in [0.15, 0.2) is 0 Å². The van der Waals surface area contributed by atoms with Crippen LogP contribution in [0, 0.1) is 16.7 Å². The van der Waals surface area contributed by atoms with Gasteiger partial charge in [-0.2, -0.15) is 0 Å². The van der Waals surface area contributed by atoms with Crippen molar-refractivity contribution in [3.05, 3.63) is 40.2 Å². The van der Waals surface area contributed by atoms with Gasteiger partial charge >= 0.3 is 11.6 Å². The minimum atomic E-state index is -0.666. The Kier molecular flexibility index (Phi) is 3.69. The number of carbonyl (C=O) groups excluding carboxylic acids is 1. The second-order valence-corrected chi connectivity index (χ2v) is 8.36. The van der Waals surface area contributed by atoms with E-state index in [-0.39, 0.29) is 22.5 Å². The summed E-state index contributed by atoms with van der Waals surface area (Å²) in [5.41, 5.74) is -0.219. The molecule has 3 atom stereocenters. The lowest BCUT2D eigenvalue weighted by molar-refractivity contribution is -0.0245. The molecule has 4 rings (SSSR count). The van der Waals surface area contributed by atoms with Gasteiger partial charge in [0.05, 0.1) is 7.11 Å². The predicted octanol–water partition coefficient (Wildman–Crippen LogP) is 4.17. The molecule has 1 heterocycles. The zero-order valence-electron chi connectivity index (χ0n) is 15.6. The molecular formula is C21H24O5. The normalized spacial score (nSPS) is 29.1. The van der Waals surface area contributed by atoms with Crippen molar-refractivity contribution in [2.24, 2.45) is 16.7 Å². The fraction of sp³-hybridized carbons (Fsp3) is 0.524. The van der Waals surface area contributed by atoms with Crippen molar-refractivity contribution in [3.8, 4) is 5.75 Å². The van der Waals surface area contributed by atoms with Crippen molar-refractivity contribution >= 4 is 16.9 Å². The maximum atomic E-state index is 12.7. The molecule has 5 nitrogen and oxygen atoms in total. The largest absolute Gasteiger partial charge is 0.497 e. The number of carbonyl (C=O) groups is 1. The number of benzene rings is 1. The van der Waals surface area contributed by atoms with Crippen LogP contribution in [0.5, 0.6) is 5.75 Å². The Labute approximate surface area is 152 Å². The molecule has 0 radical (unpaired) electrons. The lowest BCUT2D eigenvalue weighted by Gasteiger charge is -2.38. The average molecular weight is 356 g/mol. The number of hydrogen-bond donors (Lipinski definition) is 0. The fourth-order valence-corrected chi connectivity index (χ4v) is 4.87. The Morgan fingerprint density at radius 3 is 2.62 bits per heavy atom. The third kappa shape index (κ3) is 2.29. The molecule has 2 bridgehead atoms. The minimum Gasteiger partial charge on any atom is -0.497 e. The van der Waals surface area contributed by atoms with Crippen molar-refractivity contribution in [1.82, 2.24) is 0 Å². The van der Waals surface area contributed by atoms with E-state index in [0.717, 1.165) is 12.8 Å². The van der Waals surface area contributed by atoms with Crippen LogP contribution >= 0.6 is 0 Å². The molecule has 26 heavy (non-hydrogen) atoms. The van der Waals surface area contributed by atoms with Gasteiger partial charge in [-0.3, -0.25) is 0 Å². The summed E-state index contributed by atoms with van der Waals surface area (Å²) in [7, 11) is 1.56. The number of rotatable bonds is 3. The van der Waals surface area contributed by atoms with Crippen LogP contribution in [0.25, 0.3) is 11.0 Å². The molecule has 2 aliphatic carbocycles. The Morgan fingerprint density at radius 2 is 2.00 bits per heavy atom. The first-order valence-electron chi connectivity index (χ1n) is 9.09. The van der Waals surface area contributed by atoms with Crippen LogP contribution in [-0.2, 0) is 4.74 Å². The van der Waals surface area contributed by atoms with Crippen LogP contribution in [0.15, 0.2) is 33.5 Å². The Hall–Kier alpha value is -2.30. The van der Waals surface area contributed by atoms with E-state index in [4.69, 9.17) is 13.9 Å². The molecule has 138 valence electrons. The van der Waals surface area contributed by atoms with Crippen LogP contribution in [-0.4, -0.2) is 19.2 Å². The molecule has 0 saturated heterocycles. The molecule has 0 aliphatic heterocycles. The Bertz CT molecular complexity index is 941. The van der Waals surface area contributed by atoms with E-state index in [9.17, 15) is 9.59 Å². The molecule has 0 unspecified atom stereocenters. The van der Waals surface area contributed by atoms with Gasteiger partial charge in [-0.05, 0) is 54.9 Å². The predicted molar refractivity (Wildman–Crippen MR) is 97.5 cm³/mol. The van der Waals surface area contributed by atoms with Crippen molar-refractivity contribution in [3.63, 3.8) is 0 Å². The van der Waals surface area contributed by atoms with Gasteiger partial charge in [0.25, 0.3) is 0 Å². The first kappa shape index (κ1) is 17.1. The van der Waals surface area contributed by atoms with Crippen LogP contribution in [0.4, 0.5) is 0 Å². The maximum Gasteiger partial charge on any atom is 0.351 e. The van der Waals surface area contributed by atoms with Gasteiger partial charge in [-0.15, -0.1) is 0 Å². The molecule has 2 fully saturated rings. The van der Waals surface area contributed by atoms with E-state index < -0.39 is 11.6 Å². The Balaban J connectivity index is 1.65. The van der Waals surface area contributed by atoms with Gasteiger partial charge in [0.1, 0.15) is 23.0 Å². The highest BCUT2D eigenvalue weighted by atomic mass is 16.5. The van der Waals surface area contributed by atoms with Gasteiger partial charge in [0.2, 0.25) is 0 Å². The fourth-order valence-electron chi connectivity index (χ4n) is 4.87. The highest BCUT2D eigenvalue weighted by molar-refractivity contribution is 5.93. The second-order valence-electron chi connectivity index (χ2n) is 8.36. The number of hydrogen-bond acceptors (Lipinski definition) is 5. The third-order valence-electron chi connectivity index (χ3n) is 7.12. The van der Waals surface area contributed by atoms with Gasteiger partial charge < -0.3 is 13.9 Å². The van der Waals surface area contributed by atoms with E-state index in [1.165, 1.54) is 12.5 Å². The van der Waals surface area contributed by atoms with E-state index >= 15 is 0 Å². The highest BCUT2D eigenvalue weighted by Gasteiger charge is 2.62. The molecular weight excluding hydrogens is 332 g/mol. The highest BCUT2D eigenvalue weighted by Crippen LogP contribution is 2.66. The lowest BCUT2D eigenvalue weighted by Crippen LogP contribution is -2.38. The number of fused-ring (bicyclic) bond motifs is 3. The smallest absolute Gasteiger partial charge is 0.351 e. The van der Waals surface area contributed by atoms with E-state index in [2.05, 4.69) is 20.8 Å². The summed E-state index contributed by atoms with van der Waals surface area (Å²) in [6.07, 6.45) is 2.92. The van der Waals surface area contributed by atoms with Crippen molar-refractivity contribution in [2.75, 3.05) is 7.11 Å². The summed E-state index contributed by atoms with van der Waals surface area (Å²) in [5.74, 6) is 0.591. The zero-order valence-corrected chi connectivity index (χ0v) is 15.6. The summed E-state index contributed by atoms with van der Waals surface area (Å²) < 4.78 is 16.3. The summed E-state index contributed by atoms with van der Waals surface area (Å²) in [6, 6.07) is 6.63. The lowest BCUT2D eigenvalue weighted by atomic mass is 9.70. The van der Waals surface area contributed by atoms with E-state index in [1.54, 1.807) is 25.3 Å². The van der Waals surface area contributed by atoms with Crippen LogP contribution in [0.2, 0.25) is 0 Å². The van der Waals surface area contributed by atoms with Crippen LogP contribution in [0.3, 0.4) is 0 Å². The number of methoxy groups -OCH3 is 1. The molecule has 1 aromatic heterocycles. The molecule has 0 spiro atoms. The number of ether oxygens (including phenoxy) is 2. The molecule has 5 heteroatoms. The van der Waals surface area contributed by atoms with Crippen molar-refractivity contribution in [2.45, 2.75) is 46.1 Å². The Morgan fingerprint density at radius 1 is 1.23 bits per heavy atom. The van der Waals surface area contributed by atoms with E-state index in [1.807, 2.05) is 0 Å². The first-order valence-corrected chi connectivity index (χ1v) is 9.09. The molecule has 2 saturated carbocycles. The van der Waals surface area contributed by atoms with Crippen molar-refractivity contribution < 1.29 is 18.7 Å². The molecule has 0 amide bonds. The second kappa shape index (κ2) is 5.60. The monoisotopic (exact) mass is 356 g/mol. The summed E-state index contributed by atoms with van der Waals surface area (Å²) in [6.45, 7) is 6.72. The number of esters is 1. The van der Waals surface area contributed by atoms with Gasteiger partial charge in [0, 0.05) is 10.8 Å². The SMILES string of the molecule is COc1ccc2oc(=O)c(C(=O)O[C@@H]3C[C@@H]4CC[C@@]3(C)C4(C)C)cc2c1. The summed E-state index contributed by atoms with van der Waals surface area (Å²) in [4.78, 5) is 25.0. The molecule has 0 N–H and O–H groups in total. The summed E-state index contributed by atoms with van der Waals surface area (Å²) in [5, 5.41) is 0.635. The van der Waals surface area contributed by atoms with Crippen LogP contribution < -0.4 is 10.4 Å². The third-order valence-corrected chi connectivity index (χ3v) is 7.12. The topological polar surface area (TPSA) is 65.7 Å². The van der Waals surface area contributed by atoms with E-state index in [0.29, 0.717) is 22.6 Å². The van der Waals surface area contributed by atoms with Gasteiger partial charge in [-0.25, -0.2) is 9.59 Å².